The number of hydrogen-bond acceptors (Lipinski definition) is 4. The standard InChI is InChI=1S/C24H32N2O4S/c1-4-30-21-12-10-20(11-13-21)19(3)25-24(27)23-17-22(14-9-18(23)2)31(28,29)26-15-7-5-6-8-16-26/h9-14,17,19H,4-8,15-16H2,1-3H3,(H,25,27)/t19-/m1/s1. The molecule has 0 spiro atoms. The van der Waals surface area contributed by atoms with Crippen LogP contribution in [0.5, 0.6) is 5.75 Å². The molecule has 1 atom stereocenters. The summed E-state index contributed by atoms with van der Waals surface area (Å²) in [6.45, 7) is 7.32. The minimum atomic E-state index is -3.61. The van der Waals surface area contributed by atoms with E-state index in [4.69, 9.17) is 4.74 Å². The molecule has 0 bridgehead atoms. The van der Waals surface area contributed by atoms with Crippen molar-refractivity contribution in [1.29, 1.82) is 0 Å². The van der Waals surface area contributed by atoms with Crippen LogP contribution in [0.1, 0.15) is 67.1 Å². The van der Waals surface area contributed by atoms with E-state index in [1.165, 1.54) is 6.07 Å². The predicted octanol–water partition coefficient (Wildman–Crippen LogP) is 4.45. The van der Waals surface area contributed by atoms with Crippen molar-refractivity contribution in [2.24, 2.45) is 0 Å². The van der Waals surface area contributed by atoms with Gasteiger partial charge in [-0.15, -0.1) is 0 Å². The molecule has 1 saturated heterocycles. The number of rotatable bonds is 7. The second kappa shape index (κ2) is 10.3. The van der Waals surface area contributed by atoms with Gasteiger partial charge < -0.3 is 10.1 Å². The van der Waals surface area contributed by atoms with Crippen LogP contribution < -0.4 is 10.1 Å². The number of ether oxygens (including phenoxy) is 1. The lowest BCUT2D eigenvalue weighted by atomic mass is 10.1. The van der Waals surface area contributed by atoms with Crippen LogP contribution in [0, 0.1) is 6.92 Å². The summed E-state index contributed by atoms with van der Waals surface area (Å²) in [6.07, 6.45) is 3.85. The Morgan fingerprint density at radius 1 is 1.06 bits per heavy atom. The van der Waals surface area contributed by atoms with Crippen LogP contribution in [0.3, 0.4) is 0 Å². The van der Waals surface area contributed by atoms with Crippen LogP contribution >= 0.6 is 0 Å². The molecule has 1 amide bonds. The predicted molar refractivity (Wildman–Crippen MR) is 122 cm³/mol. The molecule has 2 aromatic rings. The summed E-state index contributed by atoms with van der Waals surface area (Å²) in [4.78, 5) is 13.2. The van der Waals surface area contributed by atoms with Crippen LogP contribution in [-0.4, -0.2) is 38.3 Å². The lowest BCUT2D eigenvalue weighted by molar-refractivity contribution is 0.0939. The normalized spacial score (nSPS) is 16.4. The second-order valence-electron chi connectivity index (χ2n) is 7.99. The zero-order chi connectivity index (χ0) is 22.4. The molecule has 0 unspecified atom stereocenters. The Hall–Kier alpha value is -2.38. The number of aryl methyl sites for hydroxylation is 1. The van der Waals surface area contributed by atoms with Gasteiger partial charge in [0.15, 0.2) is 0 Å². The van der Waals surface area contributed by atoms with Gasteiger partial charge in [-0.3, -0.25) is 4.79 Å². The minimum Gasteiger partial charge on any atom is -0.494 e. The third-order valence-electron chi connectivity index (χ3n) is 5.70. The first-order chi connectivity index (χ1) is 14.8. The molecule has 1 N–H and O–H groups in total. The molecular weight excluding hydrogens is 412 g/mol. The molecule has 7 heteroatoms. The molecule has 0 saturated carbocycles. The zero-order valence-electron chi connectivity index (χ0n) is 18.6. The van der Waals surface area contributed by atoms with Crippen molar-refractivity contribution < 1.29 is 17.9 Å². The van der Waals surface area contributed by atoms with Crippen molar-refractivity contribution in [2.45, 2.75) is 57.4 Å². The first-order valence-corrected chi connectivity index (χ1v) is 12.4. The van der Waals surface area contributed by atoms with E-state index in [9.17, 15) is 13.2 Å². The Kier molecular flexibility index (Phi) is 7.73. The van der Waals surface area contributed by atoms with Gasteiger partial charge in [-0.05, 0) is 69.0 Å². The summed E-state index contributed by atoms with van der Waals surface area (Å²) < 4.78 is 33.3. The van der Waals surface area contributed by atoms with E-state index in [0.717, 1.165) is 42.6 Å². The first-order valence-electron chi connectivity index (χ1n) is 11.0. The summed E-state index contributed by atoms with van der Waals surface area (Å²) in [6, 6.07) is 12.2. The lowest BCUT2D eigenvalue weighted by Gasteiger charge is -2.21. The number of hydrogen-bond donors (Lipinski definition) is 1. The summed E-state index contributed by atoms with van der Waals surface area (Å²) in [5.41, 5.74) is 2.07. The SMILES string of the molecule is CCOc1ccc([C@@H](C)NC(=O)c2cc(S(=O)(=O)N3CCCCCC3)ccc2C)cc1. The van der Waals surface area contributed by atoms with Gasteiger partial charge >= 0.3 is 0 Å². The first kappa shape index (κ1) is 23.3. The molecule has 1 aliphatic rings. The van der Waals surface area contributed by atoms with Crippen molar-refractivity contribution in [2.75, 3.05) is 19.7 Å². The Labute approximate surface area is 185 Å². The zero-order valence-corrected chi connectivity index (χ0v) is 19.4. The topological polar surface area (TPSA) is 75.7 Å². The number of nitrogens with zero attached hydrogens (tertiary/aromatic N) is 1. The number of carbonyl (C=O) groups excluding carboxylic acids is 1. The summed E-state index contributed by atoms with van der Waals surface area (Å²) in [5.74, 6) is 0.499. The molecular formula is C24H32N2O4S. The maximum Gasteiger partial charge on any atom is 0.252 e. The monoisotopic (exact) mass is 444 g/mol. The summed E-state index contributed by atoms with van der Waals surface area (Å²) in [5, 5.41) is 2.98. The second-order valence-corrected chi connectivity index (χ2v) is 9.93. The van der Waals surface area contributed by atoms with Gasteiger partial charge in [-0.1, -0.05) is 31.0 Å². The van der Waals surface area contributed by atoms with Crippen LogP contribution in [0.15, 0.2) is 47.4 Å². The van der Waals surface area contributed by atoms with Crippen molar-refractivity contribution >= 4 is 15.9 Å². The van der Waals surface area contributed by atoms with Crippen molar-refractivity contribution in [1.82, 2.24) is 9.62 Å². The highest BCUT2D eigenvalue weighted by molar-refractivity contribution is 7.89. The fourth-order valence-electron chi connectivity index (χ4n) is 3.81. The van der Waals surface area contributed by atoms with E-state index in [-0.39, 0.29) is 16.8 Å². The fourth-order valence-corrected chi connectivity index (χ4v) is 5.36. The summed E-state index contributed by atoms with van der Waals surface area (Å²) in [7, 11) is -3.61. The van der Waals surface area contributed by atoms with E-state index in [0.29, 0.717) is 25.3 Å². The van der Waals surface area contributed by atoms with E-state index < -0.39 is 10.0 Å². The van der Waals surface area contributed by atoms with Gasteiger partial charge in [-0.2, -0.15) is 4.31 Å². The third-order valence-corrected chi connectivity index (χ3v) is 7.59. The van der Waals surface area contributed by atoms with Crippen LogP contribution in [0.2, 0.25) is 0 Å². The molecule has 2 aromatic carbocycles. The number of benzene rings is 2. The molecule has 6 nitrogen and oxygen atoms in total. The van der Waals surface area contributed by atoms with Gasteiger partial charge in [0.1, 0.15) is 5.75 Å². The minimum absolute atomic E-state index is 0.180. The quantitative estimate of drug-likeness (QED) is 0.685. The van der Waals surface area contributed by atoms with E-state index in [1.54, 1.807) is 16.4 Å². The smallest absolute Gasteiger partial charge is 0.252 e. The highest BCUT2D eigenvalue weighted by atomic mass is 32.2. The Balaban J connectivity index is 1.78. The third kappa shape index (κ3) is 5.66. The van der Waals surface area contributed by atoms with Crippen LogP contribution in [0.4, 0.5) is 0 Å². The van der Waals surface area contributed by atoms with E-state index in [2.05, 4.69) is 5.32 Å². The van der Waals surface area contributed by atoms with Gasteiger partial charge in [-0.25, -0.2) is 8.42 Å². The van der Waals surface area contributed by atoms with Gasteiger partial charge in [0.25, 0.3) is 5.91 Å². The molecule has 1 aliphatic heterocycles. The maximum absolute atomic E-state index is 13.1. The van der Waals surface area contributed by atoms with Crippen molar-refractivity contribution in [3.05, 3.63) is 59.2 Å². The van der Waals surface area contributed by atoms with Gasteiger partial charge in [0.2, 0.25) is 10.0 Å². The van der Waals surface area contributed by atoms with Gasteiger partial charge in [0.05, 0.1) is 17.5 Å². The highest BCUT2D eigenvalue weighted by Crippen LogP contribution is 2.24. The largest absolute Gasteiger partial charge is 0.494 e. The Bertz CT molecular complexity index is 995. The molecule has 0 radical (unpaired) electrons. The van der Waals surface area contributed by atoms with Gasteiger partial charge in [0, 0.05) is 18.7 Å². The molecule has 1 fully saturated rings. The highest BCUT2D eigenvalue weighted by Gasteiger charge is 2.26. The average Bonchev–Trinajstić information content (AvgIpc) is 3.05. The van der Waals surface area contributed by atoms with Crippen molar-refractivity contribution in [3.63, 3.8) is 0 Å². The Morgan fingerprint density at radius 2 is 1.71 bits per heavy atom. The number of nitrogens with one attached hydrogen (secondary N) is 1. The molecule has 0 aliphatic carbocycles. The molecule has 168 valence electrons. The molecule has 31 heavy (non-hydrogen) atoms. The maximum atomic E-state index is 13.1. The van der Waals surface area contributed by atoms with Crippen LogP contribution in [-0.2, 0) is 10.0 Å². The number of amides is 1. The fraction of sp³-hybridized carbons (Fsp3) is 0.458. The Morgan fingerprint density at radius 3 is 2.32 bits per heavy atom. The molecule has 3 rings (SSSR count). The number of sulfonamides is 1. The van der Waals surface area contributed by atoms with E-state index >= 15 is 0 Å². The lowest BCUT2D eigenvalue weighted by Crippen LogP contribution is -2.32. The molecule has 1 heterocycles. The average molecular weight is 445 g/mol. The van der Waals surface area contributed by atoms with Crippen molar-refractivity contribution in [3.8, 4) is 5.75 Å². The van der Waals surface area contributed by atoms with E-state index in [1.807, 2.05) is 45.0 Å². The molecule has 0 aromatic heterocycles. The van der Waals surface area contributed by atoms with Crippen LogP contribution in [0.25, 0.3) is 0 Å². The number of carbonyl (C=O) groups is 1. The summed E-state index contributed by atoms with van der Waals surface area (Å²) >= 11 is 0.